The molecule has 1 aliphatic carbocycles. The van der Waals surface area contributed by atoms with Crippen LogP contribution in [0.1, 0.15) is 45.1 Å². The van der Waals surface area contributed by atoms with Crippen molar-refractivity contribution in [2.75, 3.05) is 13.2 Å². The van der Waals surface area contributed by atoms with Gasteiger partial charge in [-0.3, -0.25) is 0 Å². The summed E-state index contributed by atoms with van der Waals surface area (Å²) in [6.45, 7) is 5.93. The van der Waals surface area contributed by atoms with Gasteiger partial charge in [0, 0.05) is 30.6 Å². The minimum atomic E-state index is -0.336. The maximum atomic E-state index is 9.34. The normalized spacial score (nSPS) is 15.8. The summed E-state index contributed by atoms with van der Waals surface area (Å²) in [4.78, 5) is 0. The van der Waals surface area contributed by atoms with Crippen LogP contribution in [0.3, 0.4) is 0 Å². The van der Waals surface area contributed by atoms with Crippen LogP contribution in [0.15, 0.2) is 18.2 Å². The molecule has 21 heavy (non-hydrogen) atoms. The van der Waals surface area contributed by atoms with Gasteiger partial charge in [-0.25, -0.2) is 0 Å². The Morgan fingerprint density at radius 2 is 2.10 bits per heavy atom. The van der Waals surface area contributed by atoms with Crippen LogP contribution in [0.2, 0.25) is 0 Å². The van der Waals surface area contributed by atoms with E-state index in [9.17, 15) is 5.11 Å². The van der Waals surface area contributed by atoms with Crippen LogP contribution in [-0.4, -0.2) is 30.5 Å². The van der Waals surface area contributed by atoms with Crippen molar-refractivity contribution in [3.8, 4) is 11.5 Å². The molecule has 2 rings (SSSR count). The third kappa shape index (κ3) is 5.94. The highest BCUT2D eigenvalue weighted by Gasteiger charge is 2.20. The lowest BCUT2D eigenvalue weighted by atomic mass is 10.2. The van der Waals surface area contributed by atoms with Gasteiger partial charge in [0.2, 0.25) is 0 Å². The zero-order valence-electron chi connectivity index (χ0n) is 13.1. The third-order valence-corrected chi connectivity index (χ3v) is 3.46. The third-order valence-electron chi connectivity index (χ3n) is 3.46. The molecule has 1 aliphatic rings. The molecular formula is C17H27NO3. The second kappa shape index (κ2) is 8.25. The Morgan fingerprint density at radius 3 is 2.76 bits per heavy atom. The van der Waals surface area contributed by atoms with Crippen LogP contribution in [0.4, 0.5) is 0 Å². The van der Waals surface area contributed by atoms with Crippen LogP contribution in [-0.2, 0) is 6.54 Å². The van der Waals surface area contributed by atoms with E-state index in [0.29, 0.717) is 25.7 Å². The maximum Gasteiger partial charge on any atom is 0.127 e. The highest BCUT2D eigenvalue weighted by molar-refractivity contribution is 5.40. The number of hydrogen-bond donors (Lipinski definition) is 2. The topological polar surface area (TPSA) is 50.7 Å². The van der Waals surface area contributed by atoms with Crippen molar-refractivity contribution in [1.82, 2.24) is 5.32 Å². The van der Waals surface area contributed by atoms with Gasteiger partial charge in [0.05, 0.1) is 19.3 Å². The monoisotopic (exact) mass is 293 g/mol. The van der Waals surface area contributed by atoms with E-state index in [4.69, 9.17) is 9.47 Å². The van der Waals surface area contributed by atoms with E-state index in [1.807, 2.05) is 12.1 Å². The van der Waals surface area contributed by atoms with Gasteiger partial charge < -0.3 is 19.9 Å². The summed E-state index contributed by atoms with van der Waals surface area (Å²) in [6, 6.07) is 6.70. The second-order valence-corrected chi connectivity index (χ2v) is 5.76. The highest BCUT2D eigenvalue weighted by atomic mass is 16.5. The van der Waals surface area contributed by atoms with Gasteiger partial charge in [0.1, 0.15) is 11.5 Å². The molecule has 0 spiro atoms. The van der Waals surface area contributed by atoms with Gasteiger partial charge in [-0.05, 0) is 32.3 Å². The van der Waals surface area contributed by atoms with E-state index in [0.717, 1.165) is 30.0 Å². The van der Waals surface area contributed by atoms with Gasteiger partial charge in [0.15, 0.2) is 0 Å². The van der Waals surface area contributed by atoms with Gasteiger partial charge >= 0.3 is 0 Å². The molecule has 1 fully saturated rings. The van der Waals surface area contributed by atoms with Crippen LogP contribution < -0.4 is 14.8 Å². The fraction of sp³-hybridized carbons (Fsp3) is 0.647. The Balaban J connectivity index is 1.97. The molecule has 0 bridgehead atoms. The fourth-order valence-electron chi connectivity index (χ4n) is 2.01. The molecule has 0 heterocycles. The summed E-state index contributed by atoms with van der Waals surface area (Å²) >= 11 is 0. The Morgan fingerprint density at radius 1 is 1.29 bits per heavy atom. The van der Waals surface area contributed by atoms with Crippen LogP contribution in [0.5, 0.6) is 11.5 Å². The SMILES string of the molecule is CCCOc1ccc(CNC2CC2)c(OCCC(C)O)c1. The maximum absolute atomic E-state index is 9.34. The van der Waals surface area contributed by atoms with Crippen molar-refractivity contribution in [3.05, 3.63) is 23.8 Å². The molecule has 0 radical (unpaired) electrons. The first-order chi connectivity index (χ1) is 10.2. The van der Waals surface area contributed by atoms with Crippen molar-refractivity contribution in [1.29, 1.82) is 0 Å². The molecule has 4 nitrogen and oxygen atoms in total. The smallest absolute Gasteiger partial charge is 0.127 e. The largest absolute Gasteiger partial charge is 0.493 e. The Kier molecular flexibility index (Phi) is 6.33. The molecule has 0 aliphatic heterocycles. The van der Waals surface area contributed by atoms with Crippen molar-refractivity contribution in [2.45, 2.75) is 58.2 Å². The predicted octanol–water partition coefficient (Wildman–Crippen LogP) is 2.88. The van der Waals surface area contributed by atoms with E-state index < -0.39 is 0 Å². The zero-order chi connectivity index (χ0) is 15.1. The molecule has 0 aromatic heterocycles. The summed E-state index contributed by atoms with van der Waals surface area (Å²) in [5.41, 5.74) is 1.15. The van der Waals surface area contributed by atoms with Crippen molar-refractivity contribution in [2.24, 2.45) is 0 Å². The zero-order valence-corrected chi connectivity index (χ0v) is 13.1. The van der Waals surface area contributed by atoms with E-state index in [2.05, 4.69) is 18.3 Å². The lowest BCUT2D eigenvalue weighted by Crippen LogP contribution is -2.16. The number of rotatable bonds is 10. The molecule has 0 saturated heterocycles. The standard InChI is InChI=1S/C17H27NO3/c1-3-9-20-16-7-4-14(12-18-15-5-6-15)17(11-16)21-10-8-13(2)19/h4,7,11,13,15,18-19H,3,5-6,8-10,12H2,1-2H3. The number of aliphatic hydroxyl groups is 1. The molecule has 1 aromatic carbocycles. The summed E-state index contributed by atoms with van der Waals surface area (Å²) in [6.07, 6.45) is 3.84. The lowest BCUT2D eigenvalue weighted by molar-refractivity contribution is 0.155. The van der Waals surface area contributed by atoms with Crippen molar-refractivity contribution >= 4 is 0 Å². The molecular weight excluding hydrogens is 266 g/mol. The molecule has 1 aromatic rings. The van der Waals surface area contributed by atoms with Gasteiger partial charge in [-0.15, -0.1) is 0 Å². The minimum absolute atomic E-state index is 0.336. The first-order valence-electron chi connectivity index (χ1n) is 7.99. The predicted molar refractivity (Wildman–Crippen MR) is 83.9 cm³/mol. The molecule has 118 valence electrons. The number of nitrogens with one attached hydrogen (secondary N) is 1. The average Bonchev–Trinajstić information content (AvgIpc) is 3.28. The highest BCUT2D eigenvalue weighted by Crippen LogP contribution is 2.27. The van der Waals surface area contributed by atoms with Gasteiger partial charge in [-0.2, -0.15) is 0 Å². The average molecular weight is 293 g/mol. The summed E-state index contributed by atoms with van der Waals surface area (Å²) in [7, 11) is 0. The molecule has 4 heteroatoms. The first kappa shape index (κ1) is 16.1. The Bertz CT molecular complexity index is 430. The number of aliphatic hydroxyl groups excluding tert-OH is 1. The Hall–Kier alpha value is -1.26. The molecule has 2 N–H and O–H groups in total. The van der Waals surface area contributed by atoms with Gasteiger partial charge in [0.25, 0.3) is 0 Å². The summed E-state index contributed by atoms with van der Waals surface area (Å²) in [5, 5.41) is 12.8. The van der Waals surface area contributed by atoms with Crippen LogP contribution in [0.25, 0.3) is 0 Å². The number of hydrogen-bond acceptors (Lipinski definition) is 4. The van der Waals surface area contributed by atoms with E-state index in [-0.39, 0.29) is 6.10 Å². The Labute approximate surface area is 127 Å². The molecule has 1 atom stereocenters. The van der Waals surface area contributed by atoms with E-state index in [1.165, 1.54) is 12.8 Å². The van der Waals surface area contributed by atoms with Gasteiger partial charge in [-0.1, -0.05) is 13.0 Å². The number of benzene rings is 1. The molecule has 1 saturated carbocycles. The molecule has 0 amide bonds. The van der Waals surface area contributed by atoms with E-state index in [1.54, 1.807) is 6.92 Å². The van der Waals surface area contributed by atoms with Crippen LogP contribution in [0, 0.1) is 0 Å². The first-order valence-corrected chi connectivity index (χ1v) is 7.99. The van der Waals surface area contributed by atoms with E-state index >= 15 is 0 Å². The number of ether oxygens (including phenoxy) is 2. The van der Waals surface area contributed by atoms with Crippen LogP contribution >= 0.6 is 0 Å². The fourth-order valence-corrected chi connectivity index (χ4v) is 2.01. The minimum Gasteiger partial charge on any atom is -0.493 e. The second-order valence-electron chi connectivity index (χ2n) is 5.76. The van der Waals surface area contributed by atoms with Crippen molar-refractivity contribution < 1.29 is 14.6 Å². The summed E-state index contributed by atoms with van der Waals surface area (Å²) in [5.74, 6) is 1.71. The van der Waals surface area contributed by atoms with Crippen molar-refractivity contribution in [3.63, 3.8) is 0 Å². The summed E-state index contributed by atoms with van der Waals surface area (Å²) < 4.78 is 11.5. The molecule has 1 unspecified atom stereocenters. The lowest BCUT2D eigenvalue weighted by Gasteiger charge is -2.15. The quantitative estimate of drug-likeness (QED) is 0.696.